The van der Waals surface area contributed by atoms with Crippen LogP contribution in [0.4, 0.5) is 4.79 Å². The highest BCUT2D eigenvalue weighted by atomic mass is 32.2. The van der Waals surface area contributed by atoms with E-state index in [9.17, 15) is 9.59 Å². The maximum atomic E-state index is 11.6. The van der Waals surface area contributed by atoms with Gasteiger partial charge in [0.15, 0.2) is 0 Å². The fraction of sp³-hybridized carbons (Fsp3) is 0.846. The van der Waals surface area contributed by atoms with Crippen LogP contribution >= 0.6 is 11.8 Å². The highest BCUT2D eigenvalue weighted by molar-refractivity contribution is 7.98. The standard InChI is InChI=1S/C13H26N2O3S/c1-10(9-19-4)15-12(18)14-8-7-13(2,3)6-5-11(16)17/h10H,5-9H2,1-4H3,(H,16,17)(H2,14,15,18). The average Bonchev–Trinajstić information content (AvgIpc) is 2.26. The van der Waals surface area contributed by atoms with E-state index in [0.29, 0.717) is 13.0 Å². The molecule has 0 heterocycles. The number of rotatable bonds is 9. The molecule has 5 nitrogen and oxygen atoms in total. The highest BCUT2D eigenvalue weighted by Crippen LogP contribution is 2.25. The minimum atomic E-state index is -0.773. The second-order valence-electron chi connectivity index (χ2n) is 5.56. The highest BCUT2D eigenvalue weighted by Gasteiger charge is 2.19. The fourth-order valence-corrected chi connectivity index (χ4v) is 2.23. The van der Waals surface area contributed by atoms with E-state index >= 15 is 0 Å². The van der Waals surface area contributed by atoms with E-state index in [2.05, 4.69) is 10.6 Å². The van der Waals surface area contributed by atoms with Crippen molar-refractivity contribution in [3.8, 4) is 0 Å². The number of urea groups is 1. The van der Waals surface area contributed by atoms with Gasteiger partial charge in [-0.25, -0.2) is 4.79 Å². The number of thioether (sulfide) groups is 1. The van der Waals surface area contributed by atoms with Crippen LogP contribution in [0.25, 0.3) is 0 Å². The zero-order valence-corrected chi connectivity index (χ0v) is 13.1. The Morgan fingerprint density at radius 3 is 2.47 bits per heavy atom. The van der Waals surface area contributed by atoms with Crippen LogP contribution in [-0.4, -0.2) is 41.7 Å². The molecule has 0 bridgehead atoms. The molecular formula is C13H26N2O3S. The Morgan fingerprint density at radius 2 is 1.95 bits per heavy atom. The topological polar surface area (TPSA) is 78.4 Å². The van der Waals surface area contributed by atoms with Crippen molar-refractivity contribution in [1.29, 1.82) is 0 Å². The SMILES string of the molecule is CSCC(C)NC(=O)NCCC(C)(C)CCC(=O)O. The molecule has 19 heavy (non-hydrogen) atoms. The van der Waals surface area contributed by atoms with E-state index in [4.69, 9.17) is 5.11 Å². The lowest BCUT2D eigenvalue weighted by Gasteiger charge is -2.24. The molecule has 1 atom stereocenters. The molecule has 0 spiro atoms. The maximum absolute atomic E-state index is 11.6. The van der Waals surface area contributed by atoms with Crippen LogP contribution in [-0.2, 0) is 4.79 Å². The van der Waals surface area contributed by atoms with Crippen molar-refractivity contribution in [2.24, 2.45) is 5.41 Å². The molecule has 0 saturated heterocycles. The first-order valence-corrected chi connectivity index (χ1v) is 7.91. The zero-order valence-electron chi connectivity index (χ0n) is 12.3. The Hall–Kier alpha value is -0.910. The Morgan fingerprint density at radius 1 is 1.32 bits per heavy atom. The van der Waals surface area contributed by atoms with Gasteiger partial charge in [-0.1, -0.05) is 13.8 Å². The van der Waals surface area contributed by atoms with Crippen LogP contribution in [0.15, 0.2) is 0 Å². The molecule has 0 aromatic heterocycles. The molecule has 1 unspecified atom stereocenters. The molecule has 0 rings (SSSR count). The summed E-state index contributed by atoms with van der Waals surface area (Å²) >= 11 is 1.69. The second kappa shape index (κ2) is 9.07. The first-order chi connectivity index (χ1) is 8.76. The van der Waals surface area contributed by atoms with Gasteiger partial charge in [0.1, 0.15) is 0 Å². The molecule has 0 aliphatic rings. The molecule has 0 aliphatic heterocycles. The molecule has 0 aliphatic carbocycles. The number of carbonyl (C=O) groups is 2. The smallest absolute Gasteiger partial charge is 0.315 e. The van der Waals surface area contributed by atoms with E-state index in [1.165, 1.54) is 0 Å². The van der Waals surface area contributed by atoms with Crippen molar-refractivity contribution in [3.05, 3.63) is 0 Å². The first kappa shape index (κ1) is 18.1. The summed E-state index contributed by atoms with van der Waals surface area (Å²) in [5.41, 5.74) is -0.0729. The summed E-state index contributed by atoms with van der Waals surface area (Å²) in [4.78, 5) is 22.1. The molecule has 112 valence electrons. The number of carboxylic acid groups (broad SMARTS) is 1. The van der Waals surface area contributed by atoms with Crippen molar-refractivity contribution in [2.75, 3.05) is 18.6 Å². The number of nitrogens with one attached hydrogen (secondary N) is 2. The van der Waals surface area contributed by atoms with Crippen LogP contribution < -0.4 is 10.6 Å². The van der Waals surface area contributed by atoms with Crippen LogP contribution in [0.3, 0.4) is 0 Å². The fourth-order valence-electron chi connectivity index (χ4n) is 1.65. The number of hydrogen-bond donors (Lipinski definition) is 3. The van der Waals surface area contributed by atoms with Crippen molar-refractivity contribution in [1.82, 2.24) is 10.6 Å². The van der Waals surface area contributed by atoms with Crippen LogP contribution in [0.1, 0.15) is 40.0 Å². The molecule has 0 aromatic carbocycles. The predicted octanol–water partition coefficient (Wildman–Crippen LogP) is 2.32. The van der Waals surface area contributed by atoms with Crippen LogP contribution in [0, 0.1) is 5.41 Å². The van der Waals surface area contributed by atoms with Gasteiger partial charge in [-0.05, 0) is 31.4 Å². The van der Waals surface area contributed by atoms with Gasteiger partial charge in [-0.15, -0.1) is 0 Å². The van der Waals surface area contributed by atoms with Crippen LogP contribution in [0.5, 0.6) is 0 Å². The monoisotopic (exact) mass is 290 g/mol. The molecule has 3 N–H and O–H groups in total. The lowest BCUT2D eigenvalue weighted by atomic mass is 9.84. The van der Waals surface area contributed by atoms with Crippen molar-refractivity contribution in [3.63, 3.8) is 0 Å². The predicted molar refractivity (Wildman–Crippen MR) is 79.6 cm³/mol. The average molecular weight is 290 g/mol. The summed E-state index contributed by atoms with van der Waals surface area (Å²) in [6, 6.07) is -0.00870. The van der Waals surface area contributed by atoms with Crippen molar-refractivity contribution < 1.29 is 14.7 Å². The number of carboxylic acids is 1. The maximum Gasteiger partial charge on any atom is 0.315 e. The minimum Gasteiger partial charge on any atom is -0.481 e. The number of aliphatic carboxylic acids is 1. The zero-order chi connectivity index (χ0) is 14.9. The second-order valence-corrected chi connectivity index (χ2v) is 6.48. The number of hydrogen-bond acceptors (Lipinski definition) is 3. The summed E-state index contributed by atoms with van der Waals surface area (Å²) in [7, 11) is 0. The van der Waals surface area contributed by atoms with Crippen LogP contribution in [0.2, 0.25) is 0 Å². The van der Waals surface area contributed by atoms with Gasteiger partial charge in [0, 0.05) is 24.8 Å². The molecule has 0 radical (unpaired) electrons. The third kappa shape index (κ3) is 10.7. The Kier molecular flexibility index (Phi) is 8.63. The summed E-state index contributed by atoms with van der Waals surface area (Å²) in [6.07, 6.45) is 3.56. The quantitative estimate of drug-likeness (QED) is 0.609. The Bertz CT molecular complexity index is 296. The summed E-state index contributed by atoms with van der Waals surface area (Å²) < 4.78 is 0. The third-order valence-electron chi connectivity index (χ3n) is 2.90. The van der Waals surface area contributed by atoms with Gasteiger partial charge in [0.25, 0.3) is 0 Å². The van der Waals surface area contributed by atoms with Gasteiger partial charge in [-0.2, -0.15) is 11.8 Å². The number of amides is 2. The third-order valence-corrected chi connectivity index (χ3v) is 3.73. The summed E-state index contributed by atoms with van der Waals surface area (Å²) in [5.74, 6) is 0.113. The van der Waals surface area contributed by atoms with E-state index in [-0.39, 0.29) is 23.9 Å². The Labute approximate surface area is 119 Å². The molecule has 0 saturated carbocycles. The van der Waals surface area contributed by atoms with Gasteiger partial charge in [0.2, 0.25) is 0 Å². The number of carbonyl (C=O) groups excluding carboxylic acids is 1. The molecule has 0 fully saturated rings. The lowest BCUT2D eigenvalue weighted by Crippen LogP contribution is -2.42. The first-order valence-electron chi connectivity index (χ1n) is 6.52. The van der Waals surface area contributed by atoms with E-state index < -0.39 is 5.97 Å². The largest absolute Gasteiger partial charge is 0.481 e. The Balaban J connectivity index is 3.82. The van der Waals surface area contributed by atoms with Crippen molar-refractivity contribution >= 4 is 23.8 Å². The van der Waals surface area contributed by atoms with Gasteiger partial charge >= 0.3 is 12.0 Å². The van der Waals surface area contributed by atoms with E-state index in [1.54, 1.807) is 11.8 Å². The molecule has 6 heteroatoms. The minimum absolute atomic E-state index is 0.0729. The van der Waals surface area contributed by atoms with Gasteiger partial charge in [0.05, 0.1) is 0 Å². The molecule has 0 aromatic rings. The van der Waals surface area contributed by atoms with Crippen molar-refractivity contribution in [2.45, 2.75) is 46.1 Å². The summed E-state index contributed by atoms with van der Waals surface area (Å²) in [6.45, 7) is 6.56. The normalized spacial score (nSPS) is 12.8. The van der Waals surface area contributed by atoms with E-state index in [0.717, 1.165) is 12.2 Å². The lowest BCUT2D eigenvalue weighted by molar-refractivity contribution is -0.137. The van der Waals surface area contributed by atoms with Gasteiger partial charge < -0.3 is 15.7 Å². The van der Waals surface area contributed by atoms with E-state index in [1.807, 2.05) is 27.0 Å². The molecular weight excluding hydrogens is 264 g/mol. The summed E-state index contributed by atoms with van der Waals surface area (Å²) in [5, 5.41) is 14.3. The van der Waals surface area contributed by atoms with Gasteiger partial charge in [-0.3, -0.25) is 4.79 Å². The molecule has 2 amide bonds.